The predicted molar refractivity (Wildman–Crippen MR) is 117 cm³/mol. The molecule has 0 saturated carbocycles. The molecule has 1 N–H and O–H groups in total. The molecule has 5 nitrogen and oxygen atoms in total. The van der Waals surface area contributed by atoms with Crippen molar-refractivity contribution in [2.75, 3.05) is 0 Å². The van der Waals surface area contributed by atoms with Crippen LogP contribution in [-0.4, -0.2) is 21.0 Å². The summed E-state index contributed by atoms with van der Waals surface area (Å²) in [6, 6.07) is 9.48. The van der Waals surface area contributed by atoms with E-state index in [1.54, 1.807) is 24.4 Å². The van der Waals surface area contributed by atoms with E-state index >= 15 is 0 Å². The molecule has 31 heavy (non-hydrogen) atoms. The molecule has 0 saturated heterocycles. The highest BCUT2D eigenvalue weighted by molar-refractivity contribution is 6.31. The van der Waals surface area contributed by atoms with Crippen molar-refractivity contribution in [2.24, 2.45) is 0 Å². The maximum Gasteiger partial charge on any atom is 0.356 e. The number of aromatic nitrogens is 2. The Hall–Kier alpha value is -2.96. The first kappa shape index (κ1) is 21.3. The average Bonchev–Trinajstić information content (AvgIpc) is 3.23. The summed E-state index contributed by atoms with van der Waals surface area (Å²) in [5, 5.41) is 10.1. The van der Waals surface area contributed by atoms with E-state index in [1.165, 1.54) is 18.3 Å². The van der Waals surface area contributed by atoms with Crippen LogP contribution < -0.4 is 4.74 Å². The van der Waals surface area contributed by atoms with Gasteiger partial charge in [0.25, 0.3) is 0 Å². The van der Waals surface area contributed by atoms with Crippen LogP contribution in [0.3, 0.4) is 0 Å². The van der Waals surface area contributed by atoms with Gasteiger partial charge in [0.1, 0.15) is 18.2 Å². The normalized spacial score (nSPS) is 13.5. The summed E-state index contributed by atoms with van der Waals surface area (Å²) in [6.45, 7) is 0.157. The smallest absolute Gasteiger partial charge is 0.356 e. The van der Waals surface area contributed by atoms with Gasteiger partial charge in [0.05, 0.1) is 23.1 Å². The van der Waals surface area contributed by atoms with E-state index in [0.717, 1.165) is 36.0 Å². The van der Waals surface area contributed by atoms with E-state index in [1.807, 2.05) is 6.07 Å². The number of hydrogen-bond donors (Lipinski definition) is 1. The summed E-state index contributed by atoms with van der Waals surface area (Å²) in [6.07, 6.45) is 5.18. The molecule has 0 radical (unpaired) electrons. The summed E-state index contributed by atoms with van der Waals surface area (Å²) < 4.78 is 19.3. The van der Waals surface area contributed by atoms with Crippen LogP contribution in [0.15, 0.2) is 48.8 Å². The zero-order valence-electron chi connectivity index (χ0n) is 16.2. The van der Waals surface area contributed by atoms with E-state index < -0.39 is 11.8 Å². The average molecular weight is 459 g/mol. The number of allylic oxidation sites excluding steroid dienone is 2. The third-order valence-corrected chi connectivity index (χ3v) is 5.63. The first-order chi connectivity index (χ1) is 14.9. The van der Waals surface area contributed by atoms with Gasteiger partial charge in [0.2, 0.25) is 0 Å². The third-order valence-electron chi connectivity index (χ3n) is 5.05. The first-order valence-electron chi connectivity index (χ1n) is 9.57. The van der Waals surface area contributed by atoms with Crippen LogP contribution in [0, 0.1) is 5.82 Å². The molecular formula is C23H17Cl2FN2O3. The Morgan fingerprint density at radius 3 is 2.68 bits per heavy atom. The van der Waals surface area contributed by atoms with E-state index in [-0.39, 0.29) is 17.3 Å². The molecule has 0 bridgehead atoms. The number of halogens is 3. The zero-order valence-corrected chi connectivity index (χ0v) is 17.8. The molecular weight excluding hydrogens is 442 g/mol. The van der Waals surface area contributed by atoms with Gasteiger partial charge in [-0.3, -0.25) is 4.98 Å². The molecule has 0 atom stereocenters. The van der Waals surface area contributed by atoms with Gasteiger partial charge >= 0.3 is 5.97 Å². The van der Waals surface area contributed by atoms with Crippen LogP contribution in [0.5, 0.6) is 5.75 Å². The summed E-state index contributed by atoms with van der Waals surface area (Å²) >= 11 is 12.4. The van der Waals surface area contributed by atoms with Crippen molar-refractivity contribution in [3.8, 4) is 5.75 Å². The summed E-state index contributed by atoms with van der Waals surface area (Å²) in [5.74, 6) is -0.939. The molecule has 0 aliphatic heterocycles. The number of benzene rings is 2. The minimum atomic E-state index is -1.13. The molecule has 1 aliphatic carbocycles. The Morgan fingerprint density at radius 2 is 1.90 bits per heavy atom. The van der Waals surface area contributed by atoms with Crippen LogP contribution in [0.4, 0.5) is 4.39 Å². The second kappa shape index (κ2) is 9.04. The first-order valence-corrected chi connectivity index (χ1v) is 10.3. The Balaban J connectivity index is 1.71. The number of rotatable bonds is 6. The molecule has 1 aliphatic rings. The summed E-state index contributed by atoms with van der Waals surface area (Å²) in [4.78, 5) is 19.6. The van der Waals surface area contributed by atoms with Crippen LogP contribution in [0.1, 0.15) is 46.6 Å². The lowest BCUT2D eigenvalue weighted by Gasteiger charge is -2.15. The molecule has 8 heteroatoms. The quantitative estimate of drug-likeness (QED) is 0.469. The maximum atomic E-state index is 13.3. The van der Waals surface area contributed by atoms with Gasteiger partial charge in [-0.15, -0.1) is 0 Å². The van der Waals surface area contributed by atoms with Crippen molar-refractivity contribution in [2.45, 2.75) is 25.9 Å². The van der Waals surface area contributed by atoms with Crippen molar-refractivity contribution >= 4 is 40.3 Å². The minimum Gasteiger partial charge on any atom is -0.488 e. The SMILES string of the molecule is O=C(O)c1cncc(C2=C(c3cc(Cl)ccc3OCc3ccc(F)cc3Cl)CCC2)n1. The Kier molecular flexibility index (Phi) is 6.20. The fourth-order valence-corrected chi connectivity index (χ4v) is 3.99. The standard InChI is InChI=1S/C23H17Cl2FN2O3/c24-14-5-7-22(31-12-13-4-6-15(26)9-19(13)25)18(8-14)16-2-1-3-17(16)20-10-27-11-21(28-20)23(29)30/h4-11H,1-3,12H2,(H,29,30). The molecule has 0 unspecified atom stereocenters. The monoisotopic (exact) mass is 458 g/mol. The molecule has 158 valence electrons. The number of ether oxygens (including phenoxy) is 1. The molecule has 4 rings (SSSR count). The number of carboxylic acid groups (broad SMARTS) is 1. The third kappa shape index (κ3) is 4.70. The highest BCUT2D eigenvalue weighted by Crippen LogP contribution is 2.43. The van der Waals surface area contributed by atoms with Gasteiger partial charge in [-0.25, -0.2) is 14.2 Å². The Morgan fingerprint density at radius 1 is 1.10 bits per heavy atom. The largest absolute Gasteiger partial charge is 0.488 e. The maximum absolute atomic E-state index is 13.3. The Labute approximate surface area is 188 Å². The van der Waals surface area contributed by atoms with Crippen LogP contribution >= 0.6 is 23.2 Å². The van der Waals surface area contributed by atoms with Crippen molar-refractivity contribution in [1.29, 1.82) is 0 Å². The number of nitrogens with zero attached hydrogens (tertiary/aromatic N) is 2. The highest BCUT2D eigenvalue weighted by atomic mass is 35.5. The van der Waals surface area contributed by atoms with E-state index in [0.29, 0.717) is 22.0 Å². The molecule has 2 aromatic carbocycles. The van der Waals surface area contributed by atoms with Gasteiger partial charge in [-0.1, -0.05) is 29.3 Å². The van der Waals surface area contributed by atoms with Gasteiger partial charge < -0.3 is 9.84 Å². The van der Waals surface area contributed by atoms with Crippen LogP contribution in [0.25, 0.3) is 11.1 Å². The second-order valence-corrected chi connectivity index (χ2v) is 7.91. The van der Waals surface area contributed by atoms with Crippen molar-refractivity contribution in [3.63, 3.8) is 0 Å². The van der Waals surface area contributed by atoms with E-state index in [9.17, 15) is 14.3 Å². The molecule has 0 fully saturated rings. The number of carboxylic acids is 1. The summed E-state index contributed by atoms with van der Waals surface area (Å²) in [5.41, 5.74) is 3.79. The number of carbonyl (C=O) groups is 1. The second-order valence-electron chi connectivity index (χ2n) is 7.07. The lowest BCUT2D eigenvalue weighted by Crippen LogP contribution is -2.04. The van der Waals surface area contributed by atoms with Crippen molar-refractivity contribution < 1.29 is 19.0 Å². The number of hydrogen-bond acceptors (Lipinski definition) is 4. The molecule has 3 aromatic rings. The predicted octanol–water partition coefficient (Wildman–Crippen LogP) is 6.29. The van der Waals surface area contributed by atoms with E-state index in [2.05, 4.69) is 9.97 Å². The van der Waals surface area contributed by atoms with Crippen LogP contribution in [0.2, 0.25) is 10.0 Å². The molecule has 0 amide bonds. The molecule has 1 heterocycles. The molecule has 1 aromatic heterocycles. The zero-order chi connectivity index (χ0) is 22.0. The van der Waals surface area contributed by atoms with Crippen LogP contribution in [-0.2, 0) is 6.61 Å². The van der Waals surface area contributed by atoms with Gasteiger partial charge in [-0.2, -0.15) is 0 Å². The minimum absolute atomic E-state index is 0.107. The van der Waals surface area contributed by atoms with E-state index in [4.69, 9.17) is 27.9 Å². The lowest BCUT2D eigenvalue weighted by atomic mass is 9.99. The Bertz CT molecular complexity index is 1200. The van der Waals surface area contributed by atoms with Gasteiger partial charge in [0, 0.05) is 16.1 Å². The van der Waals surface area contributed by atoms with Crippen molar-refractivity contribution in [3.05, 3.63) is 87.2 Å². The summed E-state index contributed by atoms with van der Waals surface area (Å²) in [7, 11) is 0. The topological polar surface area (TPSA) is 72.3 Å². The molecule has 0 spiro atoms. The van der Waals surface area contributed by atoms with Gasteiger partial charge in [-0.05, 0) is 60.7 Å². The number of aromatic carboxylic acids is 1. The van der Waals surface area contributed by atoms with Gasteiger partial charge in [0.15, 0.2) is 5.69 Å². The lowest BCUT2D eigenvalue weighted by molar-refractivity contribution is 0.0690. The highest BCUT2D eigenvalue weighted by Gasteiger charge is 2.23. The van der Waals surface area contributed by atoms with Crippen molar-refractivity contribution in [1.82, 2.24) is 9.97 Å². The fraction of sp³-hybridized carbons (Fsp3) is 0.174. The fourth-order valence-electron chi connectivity index (χ4n) is 3.60.